The number of nitrogen functional groups attached to an aromatic ring is 1. The minimum absolute atomic E-state index is 0.329. The summed E-state index contributed by atoms with van der Waals surface area (Å²) in [5.74, 6) is -0.470. The van der Waals surface area contributed by atoms with Crippen molar-refractivity contribution in [1.29, 1.82) is 0 Å². The van der Waals surface area contributed by atoms with Crippen LogP contribution in [0.15, 0.2) is 46.2 Å². The number of carbonyl (C=O) groups excluding carboxylic acids is 1. The molecule has 2 rings (SSSR count). The van der Waals surface area contributed by atoms with Crippen molar-refractivity contribution < 1.29 is 9.53 Å². The number of anilines is 1. The highest BCUT2D eigenvalue weighted by Crippen LogP contribution is 2.38. The van der Waals surface area contributed by atoms with Crippen LogP contribution in [0.2, 0.25) is 10.0 Å². The van der Waals surface area contributed by atoms with Gasteiger partial charge in [-0.1, -0.05) is 41.0 Å². The number of hydrogen-bond acceptors (Lipinski definition) is 4. The Morgan fingerprint density at radius 2 is 1.95 bits per heavy atom. The molecule has 0 unspecified atom stereocenters. The molecule has 0 saturated heterocycles. The summed E-state index contributed by atoms with van der Waals surface area (Å²) in [6.07, 6.45) is 0. The van der Waals surface area contributed by atoms with E-state index in [4.69, 9.17) is 28.9 Å². The highest BCUT2D eigenvalue weighted by Gasteiger charge is 2.14. The minimum Gasteiger partial charge on any atom is -0.465 e. The number of para-hydroxylation sites is 1. The molecule has 0 radical (unpaired) electrons. The average Bonchev–Trinajstić information content (AvgIpc) is 2.44. The predicted molar refractivity (Wildman–Crippen MR) is 82.8 cm³/mol. The van der Waals surface area contributed by atoms with Crippen LogP contribution in [0.25, 0.3) is 0 Å². The third-order valence-electron chi connectivity index (χ3n) is 2.58. The molecule has 0 fully saturated rings. The fraction of sp³-hybridized carbons (Fsp3) is 0.0714. The van der Waals surface area contributed by atoms with Gasteiger partial charge in [0.25, 0.3) is 0 Å². The molecular weight excluding hydrogens is 317 g/mol. The molecule has 2 aromatic rings. The van der Waals surface area contributed by atoms with Crippen LogP contribution < -0.4 is 5.73 Å². The topological polar surface area (TPSA) is 52.3 Å². The first-order valence-electron chi connectivity index (χ1n) is 5.62. The van der Waals surface area contributed by atoms with Gasteiger partial charge >= 0.3 is 5.97 Å². The van der Waals surface area contributed by atoms with Crippen LogP contribution in [-0.4, -0.2) is 13.1 Å². The second-order valence-electron chi connectivity index (χ2n) is 3.89. The molecule has 0 atom stereocenters. The third-order valence-corrected chi connectivity index (χ3v) is 4.39. The second kappa shape index (κ2) is 6.39. The van der Waals surface area contributed by atoms with E-state index in [9.17, 15) is 4.79 Å². The molecule has 0 saturated carbocycles. The Morgan fingerprint density at radius 1 is 1.20 bits per heavy atom. The number of methoxy groups -OCH3 is 1. The van der Waals surface area contributed by atoms with Gasteiger partial charge in [-0.05, 0) is 30.3 Å². The smallest absolute Gasteiger partial charge is 0.339 e. The van der Waals surface area contributed by atoms with Gasteiger partial charge < -0.3 is 10.5 Å². The largest absolute Gasteiger partial charge is 0.465 e. The molecule has 0 heterocycles. The maximum absolute atomic E-state index is 11.6. The third kappa shape index (κ3) is 3.20. The fourth-order valence-corrected chi connectivity index (χ4v) is 3.02. The van der Waals surface area contributed by atoms with Gasteiger partial charge in [0.15, 0.2) is 0 Å². The Balaban J connectivity index is 2.39. The predicted octanol–water partition coefficient (Wildman–Crippen LogP) is 4.51. The standard InChI is InChI=1S/C14H11Cl2NO2S/c1-19-14(18)9-3-2-4-11(13(9)17)20-12-7-8(15)5-6-10(12)16/h2-7H,17H2,1H3. The zero-order chi connectivity index (χ0) is 14.7. The van der Waals surface area contributed by atoms with Crippen LogP contribution in [0, 0.1) is 0 Å². The number of ether oxygens (including phenoxy) is 1. The lowest BCUT2D eigenvalue weighted by Gasteiger charge is -2.10. The summed E-state index contributed by atoms with van der Waals surface area (Å²) in [6, 6.07) is 10.3. The van der Waals surface area contributed by atoms with E-state index in [1.54, 1.807) is 30.3 Å². The Kier molecular flexibility index (Phi) is 4.81. The SMILES string of the molecule is COC(=O)c1cccc(Sc2cc(Cl)ccc2Cl)c1N. The number of esters is 1. The van der Waals surface area contributed by atoms with Crippen LogP contribution in [0.4, 0.5) is 5.69 Å². The van der Waals surface area contributed by atoms with E-state index in [0.29, 0.717) is 21.3 Å². The van der Waals surface area contributed by atoms with Crippen molar-refractivity contribution in [2.45, 2.75) is 9.79 Å². The van der Waals surface area contributed by atoms with Crippen molar-refractivity contribution in [2.75, 3.05) is 12.8 Å². The molecule has 0 spiro atoms. The van der Waals surface area contributed by atoms with Gasteiger partial charge in [-0.2, -0.15) is 0 Å². The Morgan fingerprint density at radius 3 is 2.65 bits per heavy atom. The van der Waals surface area contributed by atoms with E-state index in [0.717, 1.165) is 9.79 Å². The van der Waals surface area contributed by atoms with Gasteiger partial charge in [-0.25, -0.2) is 4.79 Å². The normalized spacial score (nSPS) is 10.3. The molecule has 0 aliphatic carbocycles. The van der Waals surface area contributed by atoms with E-state index in [1.807, 2.05) is 6.07 Å². The molecule has 0 bridgehead atoms. The summed E-state index contributed by atoms with van der Waals surface area (Å²) in [5.41, 5.74) is 6.69. The minimum atomic E-state index is -0.470. The van der Waals surface area contributed by atoms with Crippen LogP contribution in [0.1, 0.15) is 10.4 Å². The summed E-state index contributed by atoms with van der Waals surface area (Å²) in [4.78, 5) is 13.1. The molecule has 0 amide bonds. The average molecular weight is 328 g/mol. The van der Waals surface area contributed by atoms with Crippen LogP contribution >= 0.6 is 35.0 Å². The molecule has 2 N–H and O–H groups in total. The van der Waals surface area contributed by atoms with E-state index in [-0.39, 0.29) is 0 Å². The van der Waals surface area contributed by atoms with Gasteiger partial charge in [0.1, 0.15) is 0 Å². The molecule has 0 aliphatic rings. The van der Waals surface area contributed by atoms with Crippen LogP contribution in [0.3, 0.4) is 0 Å². The number of hydrogen-bond donors (Lipinski definition) is 1. The first-order chi connectivity index (χ1) is 9.52. The zero-order valence-corrected chi connectivity index (χ0v) is 12.9. The van der Waals surface area contributed by atoms with E-state index in [2.05, 4.69) is 4.74 Å². The number of benzene rings is 2. The van der Waals surface area contributed by atoms with E-state index in [1.165, 1.54) is 18.9 Å². The molecular formula is C14H11Cl2NO2S. The summed E-state index contributed by atoms with van der Waals surface area (Å²) >= 11 is 13.4. The number of rotatable bonds is 3. The van der Waals surface area contributed by atoms with Crippen LogP contribution in [-0.2, 0) is 4.74 Å². The molecule has 3 nitrogen and oxygen atoms in total. The maximum atomic E-state index is 11.6. The highest BCUT2D eigenvalue weighted by atomic mass is 35.5. The maximum Gasteiger partial charge on any atom is 0.339 e. The first-order valence-corrected chi connectivity index (χ1v) is 7.20. The molecule has 6 heteroatoms. The fourth-order valence-electron chi connectivity index (χ4n) is 1.59. The second-order valence-corrected chi connectivity index (χ2v) is 5.81. The van der Waals surface area contributed by atoms with Crippen molar-refractivity contribution in [1.82, 2.24) is 0 Å². The van der Waals surface area contributed by atoms with Crippen molar-refractivity contribution in [3.05, 3.63) is 52.0 Å². The van der Waals surface area contributed by atoms with Gasteiger partial charge in [0.05, 0.1) is 23.4 Å². The summed E-state index contributed by atoms with van der Waals surface area (Å²) in [6.45, 7) is 0. The van der Waals surface area contributed by atoms with Crippen molar-refractivity contribution >= 4 is 46.6 Å². The Bertz CT molecular complexity index is 662. The molecule has 0 aliphatic heterocycles. The van der Waals surface area contributed by atoms with Gasteiger partial charge in [-0.3, -0.25) is 0 Å². The molecule has 20 heavy (non-hydrogen) atoms. The van der Waals surface area contributed by atoms with Crippen molar-refractivity contribution in [3.63, 3.8) is 0 Å². The summed E-state index contributed by atoms with van der Waals surface area (Å²) in [7, 11) is 1.31. The van der Waals surface area contributed by atoms with E-state index >= 15 is 0 Å². The van der Waals surface area contributed by atoms with Gasteiger partial charge in [0, 0.05) is 14.8 Å². The lowest BCUT2D eigenvalue weighted by Crippen LogP contribution is -2.06. The monoisotopic (exact) mass is 327 g/mol. The van der Waals surface area contributed by atoms with Gasteiger partial charge in [0.2, 0.25) is 0 Å². The van der Waals surface area contributed by atoms with Crippen molar-refractivity contribution in [2.24, 2.45) is 0 Å². The zero-order valence-electron chi connectivity index (χ0n) is 10.5. The Hall–Kier alpha value is -1.36. The lowest BCUT2D eigenvalue weighted by molar-refractivity contribution is 0.0601. The quantitative estimate of drug-likeness (QED) is 0.665. The molecule has 2 aromatic carbocycles. The number of nitrogens with two attached hydrogens (primary N) is 1. The van der Waals surface area contributed by atoms with Crippen LogP contribution in [0.5, 0.6) is 0 Å². The van der Waals surface area contributed by atoms with E-state index < -0.39 is 5.97 Å². The first kappa shape index (κ1) is 15.0. The summed E-state index contributed by atoms with van der Waals surface area (Å²) < 4.78 is 4.69. The summed E-state index contributed by atoms with van der Waals surface area (Å²) in [5, 5.41) is 1.15. The number of halogens is 2. The molecule has 0 aromatic heterocycles. The molecule has 104 valence electrons. The van der Waals surface area contributed by atoms with Gasteiger partial charge in [-0.15, -0.1) is 0 Å². The van der Waals surface area contributed by atoms with Crippen molar-refractivity contribution in [3.8, 4) is 0 Å². The highest BCUT2D eigenvalue weighted by molar-refractivity contribution is 7.99. The Labute approximate surface area is 131 Å². The lowest BCUT2D eigenvalue weighted by atomic mass is 10.2. The number of carbonyl (C=O) groups is 1.